The normalized spacial score (nSPS) is 10.7. The second-order valence-corrected chi connectivity index (χ2v) is 5.77. The molecular weight excluding hydrogens is 346 g/mol. The second-order valence-electron chi connectivity index (χ2n) is 4.86. The average molecular weight is 366 g/mol. The van der Waals surface area contributed by atoms with Crippen LogP contribution in [0.4, 0.5) is 0 Å². The third-order valence-corrected chi connectivity index (χ3v) is 4.07. The van der Waals surface area contributed by atoms with E-state index in [1.54, 1.807) is 15.8 Å². The van der Waals surface area contributed by atoms with E-state index in [9.17, 15) is 4.79 Å². The van der Waals surface area contributed by atoms with Gasteiger partial charge in [-0.3, -0.25) is 4.79 Å². The van der Waals surface area contributed by atoms with Gasteiger partial charge in [-0.2, -0.15) is 5.10 Å². The van der Waals surface area contributed by atoms with E-state index in [1.165, 1.54) is 0 Å². The van der Waals surface area contributed by atoms with Crippen LogP contribution in [0.5, 0.6) is 0 Å². The standard InChI is InChI=1S/C16H20BrN3O2/c1-3-15-14(16(22)19(4-2)9-10-21)11-18-20(15)13-7-5-12(17)6-8-13/h5-8,11,21H,3-4,9-10H2,1-2H3. The van der Waals surface area contributed by atoms with Gasteiger partial charge in [0, 0.05) is 17.6 Å². The highest BCUT2D eigenvalue weighted by atomic mass is 79.9. The Bertz CT molecular complexity index is 637. The van der Waals surface area contributed by atoms with Crippen molar-refractivity contribution >= 4 is 21.8 Å². The molecule has 1 N–H and O–H groups in total. The van der Waals surface area contributed by atoms with E-state index in [4.69, 9.17) is 5.11 Å². The highest BCUT2D eigenvalue weighted by Crippen LogP contribution is 2.19. The van der Waals surface area contributed by atoms with Crippen molar-refractivity contribution in [2.24, 2.45) is 0 Å². The number of aromatic nitrogens is 2. The topological polar surface area (TPSA) is 58.4 Å². The lowest BCUT2D eigenvalue weighted by Gasteiger charge is -2.19. The zero-order valence-electron chi connectivity index (χ0n) is 12.8. The number of carbonyl (C=O) groups excluding carboxylic acids is 1. The molecule has 1 heterocycles. The molecule has 2 rings (SSSR count). The van der Waals surface area contributed by atoms with E-state index in [0.717, 1.165) is 15.9 Å². The van der Waals surface area contributed by atoms with Crippen LogP contribution in [0.25, 0.3) is 5.69 Å². The molecule has 0 fully saturated rings. The molecule has 5 nitrogen and oxygen atoms in total. The predicted octanol–water partition coefficient (Wildman–Crippen LogP) is 2.65. The van der Waals surface area contributed by atoms with E-state index in [-0.39, 0.29) is 12.5 Å². The molecule has 2 aromatic rings. The van der Waals surface area contributed by atoms with E-state index >= 15 is 0 Å². The van der Waals surface area contributed by atoms with Gasteiger partial charge in [-0.05, 0) is 37.6 Å². The summed E-state index contributed by atoms with van der Waals surface area (Å²) in [6.45, 7) is 4.76. The first-order valence-electron chi connectivity index (χ1n) is 7.35. The highest BCUT2D eigenvalue weighted by Gasteiger charge is 2.21. The van der Waals surface area contributed by atoms with Gasteiger partial charge in [-0.1, -0.05) is 22.9 Å². The molecule has 0 aliphatic carbocycles. The van der Waals surface area contributed by atoms with E-state index in [0.29, 0.717) is 25.1 Å². The summed E-state index contributed by atoms with van der Waals surface area (Å²) >= 11 is 3.41. The summed E-state index contributed by atoms with van der Waals surface area (Å²) in [6, 6.07) is 7.80. The summed E-state index contributed by atoms with van der Waals surface area (Å²) in [6.07, 6.45) is 2.32. The maximum absolute atomic E-state index is 12.6. The Labute approximate surface area is 138 Å². The van der Waals surface area contributed by atoms with Crippen molar-refractivity contribution in [2.75, 3.05) is 19.7 Å². The van der Waals surface area contributed by atoms with Crippen molar-refractivity contribution in [2.45, 2.75) is 20.3 Å². The number of halogens is 1. The minimum absolute atomic E-state index is 0.0398. The molecule has 0 spiro atoms. The minimum Gasteiger partial charge on any atom is -0.395 e. The Balaban J connectivity index is 2.39. The molecule has 0 saturated carbocycles. The number of hydrogen-bond donors (Lipinski definition) is 1. The molecule has 118 valence electrons. The average Bonchev–Trinajstić information content (AvgIpc) is 2.96. The maximum Gasteiger partial charge on any atom is 0.257 e. The summed E-state index contributed by atoms with van der Waals surface area (Å²) in [5.74, 6) is -0.0863. The van der Waals surface area contributed by atoms with Crippen molar-refractivity contribution in [3.63, 3.8) is 0 Å². The van der Waals surface area contributed by atoms with Crippen LogP contribution in [0.1, 0.15) is 29.9 Å². The molecule has 0 atom stereocenters. The van der Waals surface area contributed by atoms with Gasteiger partial charge in [0.25, 0.3) is 5.91 Å². The van der Waals surface area contributed by atoms with Crippen LogP contribution in [0.15, 0.2) is 34.9 Å². The number of nitrogens with zero attached hydrogens (tertiary/aromatic N) is 3. The highest BCUT2D eigenvalue weighted by molar-refractivity contribution is 9.10. The lowest BCUT2D eigenvalue weighted by Crippen LogP contribution is -2.33. The quantitative estimate of drug-likeness (QED) is 0.855. The number of carbonyl (C=O) groups is 1. The Morgan fingerprint density at radius 2 is 2.00 bits per heavy atom. The van der Waals surface area contributed by atoms with Gasteiger partial charge >= 0.3 is 0 Å². The van der Waals surface area contributed by atoms with Crippen molar-refractivity contribution in [1.29, 1.82) is 0 Å². The monoisotopic (exact) mass is 365 g/mol. The molecule has 0 aliphatic rings. The molecule has 0 unspecified atom stereocenters. The number of rotatable bonds is 6. The van der Waals surface area contributed by atoms with Crippen molar-refractivity contribution in [3.05, 3.63) is 46.2 Å². The zero-order valence-corrected chi connectivity index (χ0v) is 14.4. The van der Waals surface area contributed by atoms with Gasteiger partial charge in [-0.15, -0.1) is 0 Å². The number of aliphatic hydroxyl groups excluding tert-OH is 1. The first-order valence-corrected chi connectivity index (χ1v) is 8.14. The van der Waals surface area contributed by atoms with Crippen LogP contribution in [0.2, 0.25) is 0 Å². The summed E-state index contributed by atoms with van der Waals surface area (Å²) in [4.78, 5) is 14.2. The molecule has 6 heteroatoms. The number of amides is 1. The maximum atomic E-state index is 12.6. The largest absolute Gasteiger partial charge is 0.395 e. The van der Waals surface area contributed by atoms with Crippen LogP contribution in [-0.4, -0.2) is 45.4 Å². The van der Waals surface area contributed by atoms with Crippen molar-refractivity contribution in [1.82, 2.24) is 14.7 Å². The van der Waals surface area contributed by atoms with Crippen molar-refractivity contribution < 1.29 is 9.90 Å². The van der Waals surface area contributed by atoms with Gasteiger partial charge < -0.3 is 10.0 Å². The third kappa shape index (κ3) is 3.39. The van der Waals surface area contributed by atoms with Crippen LogP contribution < -0.4 is 0 Å². The van der Waals surface area contributed by atoms with Crippen LogP contribution in [0, 0.1) is 0 Å². The summed E-state index contributed by atoms with van der Waals surface area (Å²) in [5.41, 5.74) is 2.40. The molecule has 0 aliphatic heterocycles. The molecular formula is C16H20BrN3O2. The summed E-state index contributed by atoms with van der Waals surface area (Å²) in [7, 11) is 0. The molecule has 1 aromatic heterocycles. The van der Waals surface area contributed by atoms with Gasteiger partial charge in [0.2, 0.25) is 0 Å². The minimum atomic E-state index is -0.0863. The lowest BCUT2D eigenvalue weighted by molar-refractivity contribution is 0.0731. The summed E-state index contributed by atoms with van der Waals surface area (Å²) in [5, 5.41) is 13.5. The molecule has 1 amide bonds. The Kier molecular flexibility index (Phi) is 5.74. The fourth-order valence-electron chi connectivity index (χ4n) is 2.39. The lowest BCUT2D eigenvalue weighted by atomic mass is 10.1. The second kappa shape index (κ2) is 7.56. The van der Waals surface area contributed by atoms with Crippen LogP contribution >= 0.6 is 15.9 Å². The van der Waals surface area contributed by atoms with Gasteiger partial charge in [0.15, 0.2) is 0 Å². The fraction of sp³-hybridized carbons (Fsp3) is 0.375. The van der Waals surface area contributed by atoms with E-state index < -0.39 is 0 Å². The van der Waals surface area contributed by atoms with Gasteiger partial charge in [0.1, 0.15) is 0 Å². The molecule has 0 radical (unpaired) electrons. The van der Waals surface area contributed by atoms with Crippen molar-refractivity contribution in [3.8, 4) is 5.69 Å². The SMILES string of the molecule is CCc1c(C(=O)N(CC)CCO)cnn1-c1ccc(Br)cc1. The fourth-order valence-corrected chi connectivity index (χ4v) is 2.66. The Morgan fingerprint density at radius 1 is 1.32 bits per heavy atom. The number of hydrogen-bond acceptors (Lipinski definition) is 3. The summed E-state index contributed by atoms with van der Waals surface area (Å²) < 4.78 is 2.80. The Hall–Kier alpha value is -1.66. The molecule has 0 bridgehead atoms. The van der Waals surface area contributed by atoms with E-state index in [1.807, 2.05) is 38.1 Å². The van der Waals surface area contributed by atoms with Crippen LogP contribution in [-0.2, 0) is 6.42 Å². The van der Waals surface area contributed by atoms with E-state index in [2.05, 4.69) is 21.0 Å². The first kappa shape index (κ1) is 16.7. The van der Waals surface area contributed by atoms with Gasteiger partial charge in [-0.25, -0.2) is 4.68 Å². The van der Waals surface area contributed by atoms with Crippen LogP contribution in [0.3, 0.4) is 0 Å². The molecule has 1 aromatic carbocycles. The first-order chi connectivity index (χ1) is 10.6. The molecule has 22 heavy (non-hydrogen) atoms. The third-order valence-electron chi connectivity index (χ3n) is 3.54. The number of likely N-dealkylation sites (N-methyl/N-ethyl adjacent to an activating group) is 1. The smallest absolute Gasteiger partial charge is 0.257 e. The zero-order chi connectivity index (χ0) is 16.1. The molecule has 0 saturated heterocycles. The Morgan fingerprint density at radius 3 is 2.55 bits per heavy atom. The number of benzene rings is 1. The predicted molar refractivity (Wildman–Crippen MR) is 89.3 cm³/mol. The number of aliphatic hydroxyl groups is 1. The van der Waals surface area contributed by atoms with Gasteiger partial charge in [0.05, 0.1) is 29.7 Å².